The summed E-state index contributed by atoms with van der Waals surface area (Å²) in [7, 11) is 0. The molecule has 1 heterocycles. The number of nitrogens with zero attached hydrogens (tertiary/aromatic N) is 1. The second-order valence-corrected chi connectivity index (χ2v) is 5.70. The molecule has 0 spiro atoms. The summed E-state index contributed by atoms with van der Waals surface area (Å²) in [6.45, 7) is 6.09. The van der Waals surface area contributed by atoms with Crippen LogP contribution >= 0.6 is 11.3 Å². The molecule has 0 saturated heterocycles. The Morgan fingerprint density at radius 1 is 1.28 bits per heavy atom. The molecule has 1 aromatic carbocycles. The predicted octanol–water partition coefficient (Wildman–Crippen LogP) is 3.94. The average Bonchev–Trinajstić information content (AvgIpc) is 2.71. The summed E-state index contributed by atoms with van der Waals surface area (Å²) in [6, 6.07) is 8.02. The van der Waals surface area contributed by atoms with Crippen LogP contribution in [-0.2, 0) is 0 Å². The van der Waals surface area contributed by atoms with Crippen molar-refractivity contribution in [2.75, 3.05) is 0 Å². The van der Waals surface area contributed by atoms with Crippen LogP contribution in [0.2, 0.25) is 0 Å². The Morgan fingerprint density at radius 3 is 2.39 bits per heavy atom. The molecule has 18 heavy (non-hydrogen) atoms. The number of carboxylic acid groups (broad SMARTS) is 1. The van der Waals surface area contributed by atoms with E-state index in [2.05, 4.69) is 18.8 Å². The van der Waals surface area contributed by atoms with Crippen molar-refractivity contribution >= 4 is 17.3 Å². The van der Waals surface area contributed by atoms with E-state index in [-0.39, 0.29) is 5.69 Å². The first kappa shape index (κ1) is 12.8. The van der Waals surface area contributed by atoms with Gasteiger partial charge in [0.05, 0.1) is 9.88 Å². The number of benzene rings is 1. The van der Waals surface area contributed by atoms with E-state index < -0.39 is 5.97 Å². The predicted molar refractivity (Wildman–Crippen MR) is 73.3 cm³/mol. The molecule has 3 nitrogen and oxygen atoms in total. The van der Waals surface area contributed by atoms with Crippen molar-refractivity contribution in [2.45, 2.75) is 26.7 Å². The fourth-order valence-corrected chi connectivity index (χ4v) is 2.70. The molecule has 0 atom stereocenters. The molecule has 0 aliphatic heterocycles. The minimum absolute atomic E-state index is 0.148. The highest BCUT2D eigenvalue weighted by atomic mass is 32.1. The zero-order valence-corrected chi connectivity index (χ0v) is 11.4. The fraction of sp³-hybridized carbons (Fsp3) is 0.286. The molecule has 2 aromatic rings. The van der Waals surface area contributed by atoms with E-state index in [1.165, 1.54) is 16.9 Å². The zero-order valence-electron chi connectivity index (χ0n) is 10.6. The molecule has 0 saturated carbocycles. The van der Waals surface area contributed by atoms with Gasteiger partial charge in [0.15, 0.2) is 5.69 Å². The average molecular weight is 261 g/mol. The Morgan fingerprint density at radius 2 is 1.89 bits per heavy atom. The van der Waals surface area contributed by atoms with Gasteiger partial charge in [-0.1, -0.05) is 38.1 Å². The molecule has 1 aromatic heterocycles. The first-order valence-electron chi connectivity index (χ1n) is 5.80. The number of hydrogen-bond donors (Lipinski definition) is 1. The molecule has 0 radical (unpaired) electrons. The molecule has 94 valence electrons. The zero-order chi connectivity index (χ0) is 13.3. The van der Waals surface area contributed by atoms with Crippen molar-refractivity contribution in [3.05, 3.63) is 40.5 Å². The third-order valence-corrected chi connectivity index (χ3v) is 3.80. The first-order valence-corrected chi connectivity index (χ1v) is 6.61. The van der Waals surface area contributed by atoms with Crippen LogP contribution in [0.4, 0.5) is 0 Å². The Balaban J connectivity index is 2.45. The third-order valence-electron chi connectivity index (χ3n) is 2.78. The number of hydrogen-bond acceptors (Lipinski definition) is 3. The molecule has 4 heteroatoms. The largest absolute Gasteiger partial charge is 0.476 e. The Labute approximate surface area is 110 Å². The van der Waals surface area contributed by atoms with Crippen LogP contribution in [0.1, 0.15) is 40.8 Å². The van der Waals surface area contributed by atoms with Crippen LogP contribution in [0.5, 0.6) is 0 Å². The van der Waals surface area contributed by atoms with E-state index in [9.17, 15) is 4.79 Å². The number of aromatic nitrogens is 1. The van der Waals surface area contributed by atoms with Crippen molar-refractivity contribution in [1.82, 2.24) is 4.98 Å². The highest BCUT2D eigenvalue weighted by molar-refractivity contribution is 7.15. The lowest BCUT2D eigenvalue weighted by atomic mass is 10.0. The second kappa shape index (κ2) is 4.90. The van der Waals surface area contributed by atoms with Crippen molar-refractivity contribution in [3.63, 3.8) is 0 Å². The number of thiazole rings is 1. The molecule has 0 amide bonds. The minimum Gasteiger partial charge on any atom is -0.476 e. The highest BCUT2D eigenvalue weighted by Crippen LogP contribution is 2.31. The lowest BCUT2D eigenvalue weighted by molar-refractivity contribution is 0.0692. The smallest absolute Gasteiger partial charge is 0.356 e. The standard InChI is InChI=1S/C14H15NO2S/c1-8(2)10-4-6-11(7-5-10)13-12(14(16)17)15-9(3)18-13/h4-8H,1-3H3,(H,16,17). The number of aromatic carboxylic acids is 1. The lowest BCUT2D eigenvalue weighted by Gasteiger charge is -2.06. The molecular formula is C14H15NO2S. The van der Waals surface area contributed by atoms with Gasteiger partial charge in [0.2, 0.25) is 0 Å². The lowest BCUT2D eigenvalue weighted by Crippen LogP contribution is -1.98. The van der Waals surface area contributed by atoms with E-state index in [1.54, 1.807) is 0 Å². The summed E-state index contributed by atoms with van der Waals surface area (Å²) >= 11 is 1.42. The maximum Gasteiger partial charge on any atom is 0.356 e. The van der Waals surface area contributed by atoms with Gasteiger partial charge in [-0.25, -0.2) is 9.78 Å². The Hall–Kier alpha value is -1.68. The molecule has 0 aliphatic carbocycles. The summed E-state index contributed by atoms with van der Waals surface area (Å²) in [5, 5.41) is 9.90. The molecule has 0 aliphatic rings. The minimum atomic E-state index is -0.970. The van der Waals surface area contributed by atoms with Gasteiger partial charge in [0.25, 0.3) is 0 Å². The van der Waals surface area contributed by atoms with Gasteiger partial charge in [0.1, 0.15) is 0 Å². The van der Waals surface area contributed by atoms with Gasteiger partial charge >= 0.3 is 5.97 Å². The Kier molecular flexibility index (Phi) is 3.48. The van der Waals surface area contributed by atoms with E-state index in [1.807, 2.05) is 31.2 Å². The summed E-state index contributed by atoms with van der Waals surface area (Å²) in [5.41, 5.74) is 2.31. The summed E-state index contributed by atoms with van der Waals surface area (Å²) in [4.78, 5) is 15.9. The van der Waals surface area contributed by atoms with Crippen LogP contribution < -0.4 is 0 Å². The maximum atomic E-state index is 11.1. The molecular weight excluding hydrogens is 246 g/mol. The normalized spacial score (nSPS) is 10.9. The number of carboxylic acids is 1. The van der Waals surface area contributed by atoms with E-state index in [0.717, 1.165) is 15.4 Å². The summed E-state index contributed by atoms with van der Waals surface area (Å²) < 4.78 is 0. The molecule has 0 unspecified atom stereocenters. The van der Waals surface area contributed by atoms with E-state index in [0.29, 0.717) is 5.92 Å². The molecule has 0 fully saturated rings. The van der Waals surface area contributed by atoms with Gasteiger partial charge in [-0.2, -0.15) is 0 Å². The maximum absolute atomic E-state index is 11.1. The topological polar surface area (TPSA) is 50.2 Å². The van der Waals surface area contributed by atoms with Gasteiger partial charge in [-0.05, 0) is 24.0 Å². The van der Waals surface area contributed by atoms with Crippen LogP contribution in [0.25, 0.3) is 10.4 Å². The second-order valence-electron chi connectivity index (χ2n) is 4.49. The van der Waals surface area contributed by atoms with E-state index >= 15 is 0 Å². The third kappa shape index (κ3) is 2.43. The fourth-order valence-electron chi connectivity index (χ4n) is 1.79. The van der Waals surface area contributed by atoms with E-state index in [4.69, 9.17) is 5.11 Å². The van der Waals surface area contributed by atoms with Gasteiger partial charge in [0, 0.05) is 0 Å². The number of aryl methyl sites for hydroxylation is 1. The summed E-state index contributed by atoms with van der Waals surface area (Å²) in [5.74, 6) is -0.497. The molecule has 2 rings (SSSR count). The van der Waals surface area contributed by atoms with Crippen LogP contribution in [0.3, 0.4) is 0 Å². The number of carbonyl (C=O) groups is 1. The SMILES string of the molecule is Cc1nc(C(=O)O)c(-c2ccc(C(C)C)cc2)s1. The van der Waals surface area contributed by atoms with Crippen LogP contribution in [-0.4, -0.2) is 16.1 Å². The summed E-state index contributed by atoms with van der Waals surface area (Å²) in [6.07, 6.45) is 0. The van der Waals surface area contributed by atoms with Crippen LogP contribution in [0.15, 0.2) is 24.3 Å². The first-order chi connectivity index (χ1) is 8.49. The quantitative estimate of drug-likeness (QED) is 0.910. The molecule has 1 N–H and O–H groups in total. The van der Waals surface area contributed by atoms with Gasteiger partial charge in [-0.3, -0.25) is 0 Å². The van der Waals surface area contributed by atoms with Crippen LogP contribution in [0, 0.1) is 6.92 Å². The Bertz CT molecular complexity index is 570. The van der Waals surface area contributed by atoms with Crippen molar-refractivity contribution in [1.29, 1.82) is 0 Å². The monoisotopic (exact) mass is 261 g/mol. The van der Waals surface area contributed by atoms with Gasteiger partial charge in [-0.15, -0.1) is 11.3 Å². The van der Waals surface area contributed by atoms with Crippen molar-refractivity contribution in [3.8, 4) is 10.4 Å². The molecule has 0 bridgehead atoms. The van der Waals surface area contributed by atoms with Crippen molar-refractivity contribution < 1.29 is 9.90 Å². The number of rotatable bonds is 3. The van der Waals surface area contributed by atoms with Crippen molar-refractivity contribution in [2.24, 2.45) is 0 Å². The van der Waals surface area contributed by atoms with Gasteiger partial charge < -0.3 is 5.11 Å². The highest BCUT2D eigenvalue weighted by Gasteiger charge is 2.17.